The molecule has 1 aromatic carbocycles. The Kier molecular flexibility index (Phi) is 4.51. The molecule has 0 saturated carbocycles. The molecule has 2 aliphatic rings. The molecule has 1 amide bonds. The average Bonchev–Trinajstić information content (AvgIpc) is 3.29. The topological polar surface area (TPSA) is 76.7 Å². The zero-order valence-electron chi connectivity index (χ0n) is 15.7. The first-order valence-corrected chi connectivity index (χ1v) is 9.01. The fourth-order valence-corrected chi connectivity index (χ4v) is 3.99. The van der Waals surface area contributed by atoms with Crippen molar-refractivity contribution in [3.63, 3.8) is 0 Å². The molecule has 0 radical (unpaired) electrons. The molecule has 7 heteroatoms. The molecule has 0 spiro atoms. The fraction of sp³-hybridized carbons (Fsp3) is 0.400. The van der Waals surface area contributed by atoms with Crippen LogP contribution in [0.4, 0.5) is 0 Å². The Balaban J connectivity index is 1.65. The van der Waals surface area contributed by atoms with Crippen LogP contribution < -0.4 is 14.2 Å². The van der Waals surface area contributed by atoms with Crippen molar-refractivity contribution < 1.29 is 19.0 Å². The lowest BCUT2D eigenvalue weighted by molar-refractivity contribution is 0.0683. The van der Waals surface area contributed by atoms with Gasteiger partial charge < -0.3 is 19.1 Å². The highest BCUT2D eigenvalue weighted by Crippen LogP contribution is 2.41. The number of benzene rings is 1. The number of aromatic nitrogens is 2. The third-order valence-electron chi connectivity index (χ3n) is 5.32. The molecule has 4 rings (SSSR count). The van der Waals surface area contributed by atoms with Crippen molar-refractivity contribution >= 4 is 5.91 Å². The second-order valence-electron chi connectivity index (χ2n) is 6.76. The van der Waals surface area contributed by atoms with Crippen LogP contribution >= 0.6 is 0 Å². The molecule has 2 aromatic rings. The van der Waals surface area contributed by atoms with E-state index in [1.54, 1.807) is 27.4 Å². The van der Waals surface area contributed by atoms with Crippen molar-refractivity contribution in [1.29, 1.82) is 0 Å². The number of methoxy groups -OCH3 is 3. The first-order valence-electron chi connectivity index (χ1n) is 9.01. The van der Waals surface area contributed by atoms with Gasteiger partial charge in [-0.1, -0.05) is 12.2 Å². The maximum Gasteiger partial charge on any atom is 0.272 e. The Morgan fingerprint density at radius 2 is 1.85 bits per heavy atom. The highest BCUT2D eigenvalue weighted by Gasteiger charge is 2.38. The third kappa shape index (κ3) is 2.93. The van der Waals surface area contributed by atoms with Crippen LogP contribution in [0, 0.1) is 0 Å². The molecular formula is C20H23N3O4. The third-order valence-corrected chi connectivity index (χ3v) is 5.32. The van der Waals surface area contributed by atoms with E-state index < -0.39 is 0 Å². The van der Waals surface area contributed by atoms with Crippen LogP contribution in [0.5, 0.6) is 17.2 Å². The molecule has 1 N–H and O–H groups in total. The molecule has 142 valence electrons. The van der Waals surface area contributed by atoms with Gasteiger partial charge in [-0.05, 0) is 37.5 Å². The standard InChI is InChI=1S/C20H23N3O4/c1-25-17-9-12(10-18(26-2)19(17)27-3)15-11-16(22-21-15)20(24)23-13-5-4-6-14(23)8-7-13/h4-5,9-11,13-14H,6-8H2,1-3H3,(H,21,22)/t13-,14-/m0/s1. The lowest BCUT2D eigenvalue weighted by Crippen LogP contribution is -2.42. The summed E-state index contributed by atoms with van der Waals surface area (Å²) >= 11 is 0. The predicted octanol–water partition coefficient (Wildman–Crippen LogP) is 3.04. The summed E-state index contributed by atoms with van der Waals surface area (Å²) in [5.74, 6) is 1.61. The average molecular weight is 369 g/mol. The molecule has 1 fully saturated rings. The monoisotopic (exact) mass is 369 g/mol. The highest BCUT2D eigenvalue weighted by atomic mass is 16.5. The summed E-state index contributed by atoms with van der Waals surface area (Å²) in [6, 6.07) is 5.91. The van der Waals surface area contributed by atoms with E-state index in [4.69, 9.17) is 14.2 Å². The van der Waals surface area contributed by atoms with Crippen LogP contribution in [0.3, 0.4) is 0 Å². The van der Waals surface area contributed by atoms with Gasteiger partial charge in [0.15, 0.2) is 11.5 Å². The molecule has 2 atom stereocenters. The Hall–Kier alpha value is -2.96. The lowest BCUT2D eigenvalue weighted by Gasteiger charge is -2.30. The van der Waals surface area contributed by atoms with Gasteiger partial charge in [-0.2, -0.15) is 5.10 Å². The fourth-order valence-electron chi connectivity index (χ4n) is 3.99. The number of ether oxygens (including phenoxy) is 3. The molecule has 7 nitrogen and oxygen atoms in total. The SMILES string of the molecule is COc1cc(-c2cc(C(=O)N3[C@H]4CC=C[C@H]3CC4)[nH]n2)cc(OC)c1OC. The van der Waals surface area contributed by atoms with E-state index in [-0.39, 0.29) is 11.9 Å². The number of nitrogens with zero attached hydrogens (tertiary/aromatic N) is 2. The number of amides is 1. The van der Waals surface area contributed by atoms with Crippen molar-refractivity contribution in [3.8, 4) is 28.5 Å². The predicted molar refractivity (Wildman–Crippen MR) is 100 cm³/mol. The van der Waals surface area contributed by atoms with Gasteiger partial charge in [0.1, 0.15) is 5.69 Å². The molecule has 0 aliphatic carbocycles. The van der Waals surface area contributed by atoms with Gasteiger partial charge >= 0.3 is 0 Å². The van der Waals surface area contributed by atoms with Gasteiger partial charge in [0.05, 0.1) is 33.1 Å². The number of aromatic amines is 1. The lowest BCUT2D eigenvalue weighted by atomic mass is 10.1. The number of H-pyrrole nitrogens is 1. The van der Waals surface area contributed by atoms with Crippen LogP contribution in [0.25, 0.3) is 11.3 Å². The van der Waals surface area contributed by atoms with Gasteiger partial charge in [0.25, 0.3) is 5.91 Å². The quantitative estimate of drug-likeness (QED) is 0.820. The number of fused-ring (bicyclic) bond motifs is 2. The zero-order valence-corrected chi connectivity index (χ0v) is 15.7. The van der Waals surface area contributed by atoms with E-state index in [2.05, 4.69) is 22.3 Å². The molecule has 27 heavy (non-hydrogen) atoms. The van der Waals surface area contributed by atoms with Gasteiger partial charge in [-0.15, -0.1) is 0 Å². The number of hydrogen-bond donors (Lipinski definition) is 1. The van der Waals surface area contributed by atoms with E-state index in [1.807, 2.05) is 17.0 Å². The molecule has 0 unspecified atom stereocenters. The maximum absolute atomic E-state index is 13.0. The van der Waals surface area contributed by atoms with Crippen LogP contribution in [0.1, 0.15) is 29.8 Å². The number of rotatable bonds is 5. The number of carbonyl (C=O) groups is 1. The Labute approximate surface area is 157 Å². The normalized spacial score (nSPS) is 20.6. The summed E-state index contributed by atoms with van der Waals surface area (Å²) in [6.45, 7) is 0. The molecular weight excluding hydrogens is 346 g/mol. The molecule has 1 saturated heterocycles. The van der Waals surface area contributed by atoms with Crippen LogP contribution in [-0.4, -0.2) is 54.4 Å². The zero-order chi connectivity index (χ0) is 19.0. The maximum atomic E-state index is 13.0. The van der Waals surface area contributed by atoms with Crippen molar-refractivity contribution in [2.24, 2.45) is 0 Å². The minimum Gasteiger partial charge on any atom is -0.493 e. The largest absolute Gasteiger partial charge is 0.493 e. The second kappa shape index (κ2) is 6.98. The van der Waals surface area contributed by atoms with E-state index >= 15 is 0 Å². The first-order chi connectivity index (χ1) is 13.2. The Bertz CT molecular complexity index is 864. The summed E-state index contributed by atoms with van der Waals surface area (Å²) in [7, 11) is 4.70. The minimum atomic E-state index is -0.00181. The van der Waals surface area contributed by atoms with Crippen molar-refractivity contribution in [1.82, 2.24) is 15.1 Å². The summed E-state index contributed by atoms with van der Waals surface area (Å²) in [4.78, 5) is 15.0. The Morgan fingerprint density at radius 1 is 1.11 bits per heavy atom. The van der Waals surface area contributed by atoms with E-state index in [1.165, 1.54) is 0 Å². The summed E-state index contributed by atoms with van der Waals surface area (Å²) in [5, 5.41) is 7.23. The highest BCUT2D eigenvalue weighted by molar-refractivity contribution is 5.94. The Morgan fingerprint density at radius 3 is 2.48 bits per heavy atom. The van der Waals surface area contributed by atoms with Crippen molar-refractivity contribution in [3.05, 3.63) is 36.0 Å². The van der Waals surface area contributed by atoms with Crippen LogP contribution in [-0.2, 0) is 0 Å². The van der Waals surface area contributed by atoms with Gasteiger partial charge in [-0.3, -0.25) is 9.89 Å². The molecule has 1 aromatic heterocycles. The summed E-state index contributed by atoms with van der Waals surface area (Å²) in [6.07, 6.45) is 7.33. The molecule has 3 heterocycles. The number of nitrogens with one attached hydrogen (secondary N) is 1. The van der Waals surface area contributed by atoms with Gasteiger partial charge in [-0.25, -0.2) is 0 Å². The first kappa shape index (κ1) is 17.5. The second-order valence-corrected chi connectivity index (χ2v) is 6.76. The van der Waals surface area contributed by atoms with Gasteiger partial charge in [0, 0.05) is 11.6 Å². The van der Waals surface area contributed by atoms with Gasteiger partial charge in [0.2, 0.25) is 5.75 Å². The van der Waals surface area contributed by atoms with Crippen LogP contribution in [0.15, 0.2) is 30.4 Å². The van der Waals surface area contributed by atoms with Crippen molar-refractivity contribution in [2.75, 3.05) is 21.3 Å². The molecule has 2 bridgehead atoms. The van der Waals surface area contributed by atoms with Crippen LogP contribution in [0.2, 0.25) is 0 Å². The molecule has 2 aliphatic heterocycles. The van der Waals surface area contributed by atoms with E-state index in [0.29, 0.717) is 34.7 Å². The number of hydrogen-bond acceptors (Lipinski definition) is 5. The smallest absolute Gasteiger partial charge is 0.272 e. The van der Waals surface area contributed by atoms with E-state index in [9.17, 15) is 4.79 Å². The summed E-state index contributed by atoms with van der Waals surface area (Å²) in [5.41, 5.74) is 1.92. The summed E-state index contributed by atoms with van der Waals surface area (Å²) < 4.78 is 16.2. The minimum absolute atomic E-state index is 0.00181. The number of carbonyl (C=O) groups excluding carboxylic acids is 1. The van der Waals surface area contributed by atoms with Crippen molar-refractivity contribution in [2.45, 2.75) is 31.3 Å². The van der Waals surface area contributed by atoms with E-state index in [0.717, 1.165) is 24.8 Å².